The van der Waals surface area contributed by atoms with Crippen molar-refractivity contribution >= 4 is 28.6 Å². The van der Waals surface area contributed by atoms with E-state index < -0.39 is 24.2 Å². The zero-order valence-electron chi connectivity index (χ0n) is 21.0. The largest absolute Gasteiger partial charge is 0.457 e. The standard InChI is InChI=1S/C32H29NO5/c34-29(25-13-5-2-6-14-25)21-28-30(38-31(35)27-18-17-24-12-7-8-15-26(24)20-27)16-9-19-33(28)32(36)37-22-23-10-3-1-4-11-23/h1-8,10-15,17-18,20,28,30H,9,16,19,21-22H2/t28-,30+/m1/s1. The van der Waals surface area contributed by atoms with Crippen LogP contribution in [0.2, 0.25) is 0 Å². The third-order valence-corrected chi connectivity index (χ3v) is 6.89. The fourth-order valence-corrected chi connectivity index (χ4v) is 4.88. The zero-order valence-corrected chi connectivity index (χ0v) is 21.0. The number of piperidine rings is 1. The Bertz CT molecular complexity index is 1420. The molecule has 0 radical (unpaired) electrons. The molecule has 1 saturated heterocycles. The Balaban J connectivity index is 1.36. The topological polar surface area (TPSA) is 72.9 Å². The molecular weight excluding hydrogens is 478 g/mol. The van der Waals surface area contributed by atoms with E-state index in [1.54, 1.807) is 41.3 Å². The van der Waals surface area contributed by atoms with Crippen molar-refractivity contribution in [3.63, 3.8) is 0 Å². The number of esters is 1. The highest BCUT2D eigenvalue weighted by molar-refractivity contribution is 5.97. The molecule has 0 saturated carbocycles. The van der Waals surface area contributed by atoms with E-state index in [0.717, 1.165) is 16.3 Å². The maximum absolute atomic E-state index is 13.2. The lowest BCUT2D eigenvalue weighted by Gasteiger charge is -2.39. The van der Waals surface area contributed by atoms with Crippen molar-refractivity contribution in [2.75, 3.05) is 6.54 Å². The van der Waals surface area contributed by atoms with E-state index >= 15 is 0 Å². The number of carbonyl (C=O) groups excluding carboxylic acids is 3. The molecule has 38 heavy (non-hydrogen) atoms. The van der Waals surface area contributed by atoms with Gasteiger partial charge in [0.25, 0.3) is 0 Å². The number of nitrogens with zero attached hydrogens (tertiary/aromatic N) is 1. The minimum absolute atomic E-state index is 0.0279. The molecule has 0 aromatic heterocycles. The van der Waals surface area contributed by atoms with E-state index in [0.29, 0.717) is 30.5 Å². The molecule has 1 aliphatic rings. The van der Waals surface area contributed by atoms with Crippen LogP contribution in [0, 0.1) is 0 Å². The Morgan fingerprint density at radius 2 is 1.45 bits per heavy atom. The monoisotopic (exact) mass is 507 g/mol. The molecule has 0 N–H and O–H groups in total. The Morgan fingerprint density at radius 1 is 0.763 bits per heavy atom. The van der Waals surface area contributed by atoms with E-state index in [4.69, 9.17) is 9.47 Å². The number of carbonyl (C=O) groups is 3. The number of hydrogen-bond acceptors (Lipinski definition) is 5. The Hall–Kier alpha value is -4.45. The van der Waals surface area contributed by atoms with Crippen LogP contribution in [-0.4, -0.2) is 41.4 Å². The molecule has 4 aromatic carbocycles. The molecule has 0 unspecified atom stereocenters. The van der Waals surface area contributed by atoms with Crippen LogP contribution in [0.5, 0.6) is 0 Å². The molecule has 0 aliphatic carbocycles. The number of ketones is 1. The molecule has 5 rings (SSSR count). The average Bonchev–Trinajstić information content (AvgIpc) is 2.97. The van der Waals surface area contributed by atoms with Gasteiger partial charge in [0.1, 0.15) is 12.7 Å². The molecule has 1 aliphatic heterocycles. The summed E-state index contributed by atoms with van der Waals surface area (Å²) in [4.78, 5) is 41.1. The quantitative estimate of drug-likeness (QED) is 0.213. The Labute approximate surface area is 221 Å². The molecule has 192 valence electrons. The first-order valence-electron chi connectivity index (χ1n) is 12.8. The van der Waals surface area contributed by atoms with Crippen molar-refractivity contribution in [3.8, 4) is 0 Å². The Kier molecular flexibility index (Phi) is 7.78. The number of ether oxygens (including phenoxy) is 2. The van der Waals surface area contributed by atoms with Crippen LogP contribution in [0.4, 0.5) is 4.79 Å². The van der Waals surface area contributed by atoms with Gasteiger partial charge < -0.3 is 14.4 Å². The lowest BCUT2D eigenvalue weighted by atomic mass is 9.92. The molecule has 1 fully saturated rings. The summed E-state index contributed by atoms with van der Waals surface area (Å²) >= 11 is 0. The smallest absolute Gasteiger partial charge is 0.410 e. The van der Waals surface area contributed by atoms with Gasteiger partial charge in [-0.05, 0) is 41.3 Å². The number of likely N-dealkylation sites (tertiary alicyclic amines) is 1. The van der Waals surface area contributed by atoms with E-state index in [1.807, 2.05) is 66.7 Å². The molecule has 2 atom stereocenters. The summed E-state index contributed by atoms with van der Waals surface area (Å²) in [6.07, 6.45) is 0.0478. The minimum atomic E-state index is -0.639. The first kappa shape index (κ1) is 25.2. The number of Topliss-reactive ketones (excluding diaryl/α,β-unsaturated/α-hetero) is 1. The summed E-state index contributed by atoms with van der Waals surface area (Å²) in [6.45, 7) is 0.543. The molecule has 1 amide bonds. The highest BCUT2D eigenvalue weighted by Gasteiger charge is 2.39. The van der Waals surface area contributed by atoms with E-state index in [2.05, 4.69) is 0 Å². The van der Waals surface area contributed by atoms with E-state index in [1.165, 1.54) is 0 Å². The Morgan fingerprint density at radius 3 is 2.21 bits per heavy atom. The minimum Gasteiger partial charge on any atom is -0.457 e. The summed E-state index contributed by atoms with van der Waals surface area (Å²) < 4.78 is 11.6. The van der Waals surface area contributed by atoms with Crippen LogP contribution in [0.1, 0.15) is 45.5 Å². The van der Waals surface area contributed by atoms with E-state index in [-0.39, 0.29) is 18.8 Å². The van der Waals surface area contributed by atoms with Gasteiger partial charge in [-0.2, -0.15) is 0 Å². The van der Waals surface area contributed by atoms with Crippen molar-refractivity contribution in [1.29, 1.82) is 0 Å². The normalized spacial score (nSPS) is 17.1. The van der Waals surface area contributed by atoms with Gasteiger partial charge in [-0.1, -0.05) is 91.0 Å². The van der Waals surface area contributed by atoms with Gasteiger partial charge in [0.2, 0.25) is 0 Å². The summed E-state index contributed by atoms with van der Waals surface area (Å²) in [5.41, 5.74) is 1.85. The van der Waals surface area contributed by atoms with Crippen LogP contribution in [0.3, 0.4) is 0 Å². The number of benzene rings is 4. The lowest BCUT2D eigenvalue weighted by Crippen LogP contribution is -2.53. The summed E-state index contributed by atoms with van der Waals surface area (Å²) in [5, 5.41) is 1.97. The maximum atomic E-state index is 13.2. The van der Waals surface area contributed by atoms with Gasteiger partial charge in [-0.15, -0.1) is 0 Å². The van der Waals surface area contributed by atoms with Crippen LogP contribution in [-0.2, 0) is 16.1 Å². The van der Waals surface area contributed by atoms with E-state index in [9.17, 15) is 14.4 Å². The molecule has 0 bridgehead atoms. The van der Waals surface area contributed by atoms with Crippen LogP contribution in [0.15, 0.2) is 103 Å². The highest BCUT2D eigenvalue weighted by Crippen LogP contribution is 2.27. The van der Waals surface area contributed by atoms with Crippen molar-refractivity contribution in [3.05, 3.63) is 120 Å². The van der Waals surface area contributed by atoms with Gasteiger partial charge in [0, 0.05) is 18.5 Å². The average molecular weight is 508 g/mol. The van der Waals surface area contributed by atoms with Gasteiger partial charge in [0.15, 0.2) is 5.78 Å². The van der Waals surface area contributed by atoms with Gasteiger partial charge in [-0.25, -0.2) is 9.59 Å². The highest BCUT2D eigenvalue weighted by atomic mass is 16.6. The second kappa shape index (κ2) is 11.7. The lowest BCUT2D eigenvalue weighted by molar-refractivity contribution is -0.0241. The number of fused-ring (bicyclic) bond motifs is 1. The van der Waals surface area contributed by atoms with Crippen LogP contribution < -0.4 is 0 Å². The molecule has 6 heteroatoms. The number of hydrogen-bond donors (Lipinski definition) is 0. The van der Waals surface area contributed by atoms with Crippen molar-refractivity contribution in [2.45, 2.75) is 38.0 Å². The summed E-state index contributed by atoms with van der Waals surface area (Å²) in [7, 11) is 0. The van der Waals surface area contributed by atoms with Crippen LogP contribution >= 0.6 is 0 Å². The van der Waals surface area contributed by atoms with Gasteiger partial charge >= 0.3 is 12.1 Å². The number of rotatable bonds is 7. The molecule has 6 nitrogen and oxygen atoms in total. The molecule has 1 heterocycles. The molecule has 4 aromatic rings. The fourth-order valence-electron chi connectivity index (χ4n) is 4.88. The zero-order chi connectivity index (χ0) is 26.3. The SMILES string of the molecule is O=C(C[C@@H]1[C@@H](OC(=O)c2ccc3ccccc3c2)CCCN1C(=O)OCc1ccccc1)c1ccccc1. The second-order valence-corrected chi connectivity index (χ2v) is 9.44. The first-order valence-corrected chi connectivity index (χ1v) is 12.8. The first-order chi connectivity index (χ1) is 18.6. The van der Waals surface area contributed by atoms with Gasteiger partial charge in [-0.3, -0.25) is 4.79 Å². The summed E-state index contributed by atoms with van der Waals surface area (Å²) in [6, 6.07) is 31.0. The third kappa shape index (κ3) is 5.92. The summed E-state index contributed by atoms with van der Waals surface area (Å²) in [5.74, 6) is -0.595. The second-order valence-electron chi connectivity index (χ2n) is 9.44. The molecule has 0 spiro atoms. The number of amides is 1. The van der Waals surface area contributed by atoms with Crippen molar-refractivity contribution in [1.82, 2.24) is 4.90 Å². The van der Waals surface area contributed by atoms with Gasteiger partial charge in [0.05, 0.1) is 11.6 Å². The maximum Gasteiger partial charge on any atom is 0.410 e. The fraction of sp³-hybridized carbons (Fsp3) is 0.219. The predicted molar refractivity (Wildman–Crippen MR) is 145 cm³/mol. The molecular formula is C32H29NO5. The van der Waals surface area contributed by atoms with Crippen molar-refractivity contribution in [2.24, 2.45) is 0 Å². The van der Waals surface area contributed by atoms with Crippen molar-refractivity contribution < 1.29 is 23.9 Å². The third-order valence-electron chi connectivity index (χ3n) is 6.89. The predicted octanol–water partition coefficient (Wildman–Crippen LogP) is 6.44. The van der Waals surface area contributed by atoms with Crippen LogP contribution in [0.25, 0.3) is 10.8 Å².